The van der Waals surface area contributed by atoms with Crippen molar-refractivity contribution in [1.29, 1.82) is 0 Å². The number of carboxylic acids is 1. The molecular formula is C12H10ClNO2. The maximum absolute atomic E-state index is 10.9. The molecule has 0 saturated heterocycles. The number of benzene rings is 1. The third-order valence-electron chi connectivity index (χ3n) is 2.38. The first kappa shape index (κ1) is 10.8. The molecule has 0 aliphatic carbocycles. The second-order valence-electron chi connectivity index (χ2n) is 3.54. The minimum absolute atomic E-state index is 0.287. The lowest BCUT2D eigenvalue weighted by molar-refractivity contribution is 0.0696. The molecule has 0 amide bonds. The van der Waals surface area contributed by atoms with Gasteiger partial charge in [0.1, 0.15) is 0 Å². The van der Waals surface area contributed by atoms with Gasteiger partial charge in [0.05, 0.1) is 5.56 Å². The Balaban J connectivity index is 2.49. The first-order valence-electron chi connectivity index (χ1n) is 4.77. The van der Waals surface area contributed by atoms with Crippen LogP contribution in [0.4, 0.5) is 0 Å². The van der Waals surface area contributed by atoms with Crippen molar-refractivity contribution in [3.8, 4) is 11.3 Å². The smallest absolute Gasteiger partial charge is 0.337 e. The van der Waals surface area contributed by atoms with Crippen LogP contribution in [0.1, 0.15) is 16.1 Å². The van der Waals surface area contributed by atoms with Crippen molar-refractivity contribution in [3.63, 3.8) is 0 Å². The summed E-state index contributed by atoms with van der Waals surface area (Å²) in [4.78, 5) is 13.9. The Hall–Kier alpha value is -1.74. The van der Waals surface area contributed by atoms with Gasteiger partial charge < -0.3 is 10.1 Å². The molecule has 0 radical (unpaired) electrons. The minimum atomic E-state index is -0.929. The number of carbonyl (C=O) groups is 1. The van der Waals surface area contributed by atoms with E-state index >= 15 is 0 Å². The summed E-state index contributed by atoms with van der Waals surface area (Å²) in [7, 11) is 0. The molecule has 0 unspecified atom stereocenters. The van der Waals surface area contributed by atoms with Crippen molar-refractivity contribution in [2.75, 3.05) is 0 Å². The van der Waals surface area contributed by atoms with E-state index in [4.69, 9.17) is 16.7 Å². The van der Waals surface area contributed by atoms with Crippen molar-refractivity contribution >= 4 is 17.6 Å². The van der Waals surface area contributed by atoms with Crippen LogP contribution in [0.2, 0.25) is 5.02 Å². The van der Waals surface area contributed by atoms with Crippen LogP contribution < -0.4 is 0 Å². The van der Waals surface area contributed by atoms with Crippen LogP contribution in [-0.2, 0) is 0 Å². The molecule has 0 aliphatic heterocycles. The van der Waals surface area contributed by atoms with Gasteiger partial charge in [0.2, 0.25) is 0 Å². The summed E-state index contributed by atoms with van der Waals surface area (Å²) in [6.45, 7) is 1.73. The third-order valence-corrected chi connectivity index (χ3v) is 2.62. The van der Waals surface area contributed by atoms with Gasteiger partial charge in [0.15, 0.2) is 0 Å². The van der Waals surface area contributed by atoms with Crippen LogP contribution in [0, 0.1) is 6.92 Å². The van der Waals surface area contributed by atoms with Gasteiger partial charge in [-0.25, -0.2) is 4.79 Å². The van der Waals surface area contributed by atoms with E-state index in [1.54, 1.807) is 25.1 Å². The van der Waals surface area contributed by atoms with Crippen LogP contribution in [0.3, 0.4) is 0 Å². The maximum atomic E-state index is 10.9. The topological polar surface area (TPSA) is 53.1 Å². The highest BCUT2D eigenvalue weighted by atomic mass is 35.5. The zero-order valence-corrected chi connectivity index (χ0v) is 9.38. The van der Waals surface area contributed by atoms with Crippen molar-refractivity contribution in [3.05, 3.63) is 46.6 Å². The average molecular weight is 236 g/mol. The standard InChI is InChI=1S/C12H10ClNO2/c1-7-10(12(15)16)6-11(14-7)8-3-2-4-9(13)5-8/h2-6,14H,1H3,(H,15,16). The molecule has 0 saturated carbocycles. The van der Waals surface area contributed by atoms with Gasteiger partial charge in [-0.15, -0.1) is 0 Å². The minimum Gasteiger partial charge on any atom is -0.478 e. The second kappa shape index (κ2) is 4.02. The number of aromatic nitrogens is 1. The van der Waals surface area contributed by atoms with E-state index in [0.717, 1.165) is 11.3 Å². The number of nitrogens with one attached hydrogen (secondary N) is 1. The Morgan fingerprint density at radius 3 is 2.69 bits per heavy atom. The lowest BCUT2D eigenvalue weighted by Crippen LogP contribution is -1.95. The number of carboxylic acid groups (broad SMARTS) is 1. The molecule has 0 fully saturated rings. The van der Waals surface area contributed by atoms with Crippen molar-refractivity contribution in [1.82, 2.24) is 4.98 Å². The number of aromatic carboxylic acids is 1. The molecule has 16 heavy (non-hydrogen) atoms. The fraction of sp³-hybridized carbons (Fsp3) is 0.0833. The predicted octanol–water partition coefficient (Wildman–Crippen LogP) is 3.34. The van der Waals surface area contributed by atoms with Crippen molar-refractivity contribution in [2.45, 2.75) is 6.92 Å². The van der Waals surface area contributed by atoms with Crippen LogP contribution in [-0.4, -0.2) is 16.1 Å². The monoisotopic (exact) mass is 235 g/mol. The molecule has 2 aromatic rings. The molecule has 4 heteroatoms. The van der Waals surface area contributed by atoms with Crippen LogP contribution in [0.15, 0.2) is 30.3 Å². The van der Waals surface area contributed by atoms with Gasteiger partial charge in [-0.05, 0) is 30.7 Å². The first-order valence-corrected chi connectivity index (χ1v) is 5.14. The van der Waals surface area contributed by atoms with E-state index in [1.807, 2.05) is 12.1 Å². The summed E-state index contributed by atoms with van der Waals surface area (Å²) in [5.41, 5.74) is 2.57. The molecule has 0 bridgehead atoms. The highest BCUT2D eigenvalue weighted by Crippen LogP contribution is 2.24. The lowest BCUT2D eigenvalue weighted by Gasteiger charge is -1.97. The molecule has 1 heterocycles. The first-order chi connectivity index (χ1) is 7.58. The molecule has 2 N–H and O–H groups in total. The molecule has 3 nitrogen and oxygen atoms in total. The summed E-state index contributed by atoms with van der Waals surface area (Å²) >= 11 is 5.87. The Morgan fingerprint density at radius 1 is 1.38 bits per heavy atom. The fourth-order valence-corrected chi connectivity index (χ4v) is 1.78. The number of aromatic amines is 1. The lowest BCUT2D eigenvalue weighted by atomic mass is 10.1. The highest BCUT2D eigenvalue weighted by molar-refractivity contribution is 6.30. The zero-order chi connectivity index (χ0) is 11.7. The van der Waals surface area contributed by atoms with Crippen molar-refractivity contribution in [2.24, 2.45) is 0 Å². The van der Waals surface area contributed by atoms with E-state index in [2.05, 4.69) is 4.98 Å². The normalized spacial score (nSPS) is 10.4. The number of hydrogen-bond donors (Lipinski definition) is 2. The van der Waals surface area contributed by atoms with E-state index in [9.17, 15) is 4.79 Å². The SMILES string of the molecule is Cc1[nH]c(-c2cccc(Cl)c2)cc1C(=O)O. The molecule has 82 valence electrons. The third kappa shape index (κ3) is 1.95. The quantitative estimate of drug-likeness (QED) is 0.839. The molecule has 0 spiro atoms. The Morgan fingerprint density at radius 2 is 2.12 bits per heavy atom. The van der Waals surface area contributed by atoms with Gasteiger partial charge in [-0.3, -0.25) is 0 Å². The van der Waals surface area contributed by atoms with E-state index in [0.29, 0.717) is 10.7 Å². The Labute approximate surface area is 97.7 Å². The molecule has 2 rings (SSSR count). The molecule has 1 aromatic carbocycles. The second-order valence-corrected chi connectivity index (χ2v) is 3.97. The van der Waals surface area contributed by atoms with Crippen LogP contribution in [0.5, 0.6) is 0 Å². The summed E-state index contributed by atoms with van der Waals surface area (Å²) in [6, 6.07) is 8.89. The molecule has 1 aromatic heterocycles. The maximum Gasteiger partial charge on any atom is 0.337 e. The van der Waals surface area contributed by atoms with Gasteiger partial charge >= 0.3 is 5.97 Å². The van der Waals surface area contributed by atoms with Crippen LogP contribution in [0.25, 0.3) is 11.3 Å². The molecular weight excluding hydrogens is 226 g/mol. The van der Waals surface area contributed by atoms with Crippen LogP contribution >= 0.6 is 11.6 Å². The Kier molecular flexibility index (Phi) is 2.71. The molecule has 0 atom stereocenters. The largest absolute Gasteiger partial charge is 0.478 e. The van der Waals surface area contributed by atoms with Gasteiger partial charge in [0.25, 0.3) is 0 Å². The number of rotatable bonds is 2. The fourth-order valence-electron chi connectivity index (χ4n) is 1.59. The average Bonchev–Trinajstić information content (AvgIpc) is 2.60. The summed E-state index contributed by atoms with van der Waals surface area (Å²) in [5, 5.41) is 9.56. The molecule has 0 aliphatic rings. The van der Waals surface area contributed by atoms with Gasteiger partial charge in [-0.1, -0.05) is 23.7 Å². The van der Waals surface area contributed by atoms with E-state index in [1.165, 1.54) is 0 Å². The highest BCUT2D eigenvalue weighted by Gasteiger charge is 2.11. The summed E-state index contributed by atoms with van der Waals surface area (Å²) < 4.78 is 0. The van der Waals surface area contributed by atoms with Gasteiger partial charge in [0, 0.05) is 16.4 Å². The number of aryl methyl sites for hydroxylation is 1. The zero-order valence-electron chi connectivity index (χ0n) is 8.62. The predicted molar refractivity (Wildman–Crippen MR) is 62.9 cm³/mol. The van der Waals surface area contributed by atoms with E-state index < -0.39 is 5.97 Å². The van der Waals surface area contributed by atoms with E-state index in [-0.39, 0.29) is 5.56 Å². The summed E-state index contributed by atoms with van der Waals surface area (Å²) in [5.74, 6) is -0.929. The number of hydrogen-bond acceptors (Lipinski definition) is 1. The number of halogens is 1. The summed E-state index contributed by atoms with van der Waals surface area (Å²) in [6.07, 6.45) is 0. The van der Waals surface area contributed by atoms with Gasteiger partial charge in [-0.2, -0.15) is 0 Å². The number of H-pyrrole nitrogens is 1. The van der Waals surface area contributed by atoms with Crippen molar-refractivity contribution < 1.29 is 9.90 Å². The Bertz CT molecular complexity index is 546.